The van der Waals surface area contributed by atoms with Gasteiger partial charge in [0.05, 0.1) is 31.7 Å². The Balaban J connectivity index is 1.95. The molecule has 6 heteroatoms. The molecule has 0 bridgehead atoms. The maximum atomic E-state index is 11.0. The van der Waals surface area contributed by atoms with Crippen molar-refractivity contribution in [2.45, 2.75) is 38.1 Å². The molecule has 0 amide bonds. The molecule has 19 heavy (non-hydrogen) atoms. The number of ether oxygens (including phenoxy) is 2. The molecule has 1 saturated heterocycles. The van der Waals surface area contributed by atoms with E-state index in [4.69, 9.17) is 14.6 Å². The van der Waals surface area contributed by atoms with E-state index in [-0.39, 0.29) is 18.5 Å². The van der Waals surface area contributed by atoms with Gasteiger partial charge < -0.3 is 19.9 Å². The molecule has 0 saturated carbocycles. The van der Waals surface area contributed by atoms with Crippen molar-refractivity contribution < 1.29 is 19.4 Å². The fourth-order valence-corrected chi connectivity index (χ4v) is 2.77. The van der Waals surface area contributed by atoms with E-state index < -0.39 is 11.8 Å². The highest BCUT2D eigenvalue weighted by Crippen LogP contribution is 2.24. The summed E-state index contributed by atoms with van der Waals surface area (Å²) in [6.45, 7) is 4.79. The van der Waals surface area contributed by atoms with E-state index in [9.17, 15) is 4.79 Å². The van der Waals surface area contributed by atoms with Crippen molar-refractivity contribution in [2.75, 3.05) is 13.2 Å². The van der Waals surface area contributed by atoms with Crippen LogP contribution in [0.2, 0.25) is 0 Å². The van der Waals surface area contributed by atoms with Gasteiger partial charge in [0.25, 0.3) is 0 Å². The number of rotatable bonds is 5. The smallest absolute Gasteiger partial charge is 0.305 e. The predicted octanol–water partition coefficient (Wildman–Crippen LogP) is 2.00. The minimum absolute atomic E-state index is 0.0134. The summed E-state index contributed by atoms with van der Waals surface area (Å²) in [6, 6.07) is 3.68. The molecule has 2 rings (SSSR count). The molecule has 5 nitrogen and oxygen atoms in total. The van der Waals surface area contributed by atoms with Crippen LogP contribution in [0.4, 0.5) is 0 Å². The van der Waals surface area contributed by atoms with Crippen LogP contribution in [0.1, 0.15) is 31.2 Å². The topological polar surface area (TPSA) is 67.8 Å². The molecule has 0 radical (unpaired) electrons. The van der Waals surface area contributed by atoms with E-state index in [0.717, 1.165) is 4.88 Å². The summed E-state index contributed by atoms with van der Waals surface area (Å²) in [5, 5.41) is 14.3. The van der Waals surface area contributed by atoms with Crippen LogP contribution in [0, 0.1) is 0 Å². The third-order valence-electron chi connectivity index (χ3n) is 2.97. The van der Waals surface area contributed by atoms with Crippen molar-refractivity contribution in [3.05, 3.63) is 22.4 Å². The average Bonchev–Trinajstić information content (AvgIpc) is 2.84. The molecule has 1 aromatic heterocycles. The largest absolute Gasteiger partial charge is 0.481 e. The second-order valence-electron chi connectivity index (χ2n) is 5.05. The van der Waals surface area contributed by atoms with Crippen molar-refractivity contribution in [3.8, 4) is 0 Å². The maximum Gasteiger partial charge on any atom is 0.305 e. The molecule has 0 aromatic carbocycles. The molecule has 106 valence electrons. The minimum Gasteiger partial charge on any atom is -0.481 e. The Kier molecular flexibility index (Phi) is 4.57. The van der Waals surface area contributed by atoms with Crippen molar-refractivity contribution in [1.82, 2.24) is 5.32 Å². The van der Waals surface area contributed by atoms with Crippen LogP contribution >= 0.6 is 11.3 Å². The number of carboxylic acids is 1. The third-order valence-corrected chi connectivity index (χ3v) is 3.95. The van der Waals surface area contributed by atoms with E-state index in [1.54, 1.807) is 11.3 Å². The molecule has 1 fully saturated rings. The van der Waals surface area contributed by atoms with Gasteiger partial charge in [0.2, 0.25) is 0 Å². The predicted molar refractivity (Wildman–Crippen MR) is 72.2 cm³/mol. The molecular weight excluding hydrogens is 266 g/mol. The second kappa shape index (κ2) is 6.00. The van der Waals surface area contributed by atoms with Gasteiger partial charge >= 0.3 is 5.97 Å². The highest BCUT2D eigenvalue weighted by atomic mass is 32.1. The molecule has 1 aliphatic heterocycles. The van der Waals surface area contributed by atoms with Crippen molar-refractivity contribution in [1.29, 1.82) is 0 Å². The van der Waals surface area contributed by atoms with Gasteiger partial charge in [-0.25, -0.2) is 0 Å². The first-order valence-corrected chi connectivity index (χ1v) is 7.13. The quantitative estimate of drug-likeness (QED) is 0.866. The Labute approximate surface area is 116 Å². The number of nitrogens with one attached hydrogen (secondary N) is 1. The number of hydrogen-bond donors (Lipinski definition) is 2. The lowest BCUT2D eigenvalue weighted by molar-refractivity contribution is -0.253. The fourth-order valence-electron chi connectivity index (χ4n) is 1.98. The van der Waals surface area contributed by atoms with Gasteiger partial charge in [-0.15, -0.1) is 11.3 Å². The number of thiophene rings is 1. The SMILES string of the molecule is CC1(C)OCC(NC(CC(=O)O)c2cccs2)CO1. The lowest BCUT2D eigenvalue weighted by Crippen LogP contribution is -2.49. The Hall–Kier alpha value is -0.950. The number of carbonyl (C=O) groups is 1. The Bertz CT molecular complexity index is 408. The Morgan fingerprint density at radius 1 is 1.58 bits per heavy atom. The first-order valence-electron chi connectivity index (χ1n) is 6.25. The van der Waals surface area contributed by atoms with Crippen molar-refractivity contribution in [3.63, 3.8) is 0 Å². The Morgan fingerprint density at radius 2 is 2.26 bits per heavy atom. The zero-order valence-electron chi connectivity index (χ0n) is 11.1. The van der Waals surface area contributed by atoms with Gasteiger partial charge in [0.15, 0.2) is 5.79 Å². The van der Waals surface area contributed by atoms with Crippen molar-refractivity contribution >= 4 is 17.3 Å². The van der Waals surface area contributed by atoms with Gasteiger partial charge in [-0.3, -0.25) is 4.79 Å². The summed E-state index contributed by atoms with van der Waals surface area (Å²) in [5.74, 6) is -1.37. The summed E-state index contributed by atoms with van der Waals surface area (Å²) in [6.07, 6.45) is 0.0560. The van der Waals surface area contributed by atoms with E-state index in [1.807, 2.05) is 31.4 Å². The summed E-state index contributed by atoms with van der Waals surface area (Å²) in [4.78, 5) is 12.0. The lowest BCUT2D eigenvalue weighted by Gasteiger charge is -2.36. The van der Waals surface area contributed by atoms with E-state index in [0.29, 0.717) is 13.2 Å². The molecule has 0 aliphatic carbocycles. The summed E-state index contributed by atoms with van der Waals surface area (Å²) in [5.41, 5.74) is 0. The van der Waals surface area contributed by atoms with Crippen LogP contribution in [-0.4, -0.2) is 36.1 Å². The van der Waals surface area contributed by atoms with Crippen LogP contribution in [0.3, 0.4) is 0 Å². The summed E-state index contributed by atoms with van der Waals surface area (Å²) < 4.78 is 11.1. The van der Waals surface area contributed by atoms with Crippen LogP contribution in [0.15, 0.2) is 17.5 Å². The van der Waals surface area contributed by atoms with Crippen LogP contribution < -0.4 is 5.32 Å². The third kappa shape index (κ3) is 4.28. The molecule has 2 N–H and O–H groups in total. The minimum atomic E-state index is -0.816. The van der Waals surface area contributed by atoms with Crippen LogP contribution in [0.25, 0.3) is 0 Å². The first-order chi connectivity index (χ1) is 8.96. The highest BCUT2D eigenvalue weighted by Gasteiger charge is 2.30. The number of aliphatic carboxylic acids is 1. The van der Waals surface area contributed by atoms with E-state index in [1.165, 1.54) is 0 Å². The van der Waals surface area contributed by atoms with E-state index in [2.05, 4.69) is 5.32 Å². The number of carboxylic acid groups (broad SMARTS) is 1. The molecule has 1 unspecified atom stereocenters. The molecule has 1 aliphatic rings. The molecule has 2 heterocycles. The van der Waals surface area contributed by atoms with Crippen LogP contribution in [0.5, 0.6) is 0 Å². The molecule has 1 aromatic rings. The molecular formula is C13H19NO4S. The fraction of sp³-hybridized carbons (Fsp3) is 0.615. The normalized spacial score (nSPS) is 21.2. The lowest BCUT2D eigenvalue weighted by atomic mass is 10.1. The van der Waals surface area contributed by atoms with Gasteiger partial charge in [-0.1, -0.05) is 6.07 Å². The molecule has 0 spiro atoms. The van der Waals surface area contributed by atoms with Gasteiger partial charge in [0.1, 0.15) is 0 Å². The standard InChI is InChI=1S/C13H19NO4S/c1-13(2)17-7-9(8-18-13)14-10(6-12(15)16)11-4-3-5-19-11/h3-5,9-10,14H,6-8H2,1-2H3,(H,15,16). The van der Waals surface area contributed by atoms with Crippen LogP contribution in [-0.2, 0) is 14.3 Å². The Morgan fingerprint density at radius 3 is 2.79 bits per heavy atom. The first kappa shape index (κ1) is 14.5. The second-order valence-corrected chi connectivity index (χ2v) is 6.03. The van der Waals surface area contributed by atoms with Gasteiger partial charge in [-0.05, 0) is 25.3 Å². The summed E-state index contributed by atoms with van der Waals surface area (Å²) >= 11 is 1.55. The van der Waals surface area contributed by atoms with Gasteiger partial charge in [0, 0.05) is 4.88 Å². The monoisotopic (exact) mass is 285 g/mol. The van der Waals surface area contributed by atoms with E-state index >= 15 is 0 Å². The van der Waals surface area contributed by atoms with Gasteiger partial charge in [-0.2, -0.15) is 0 Å². The maximum absolute atomic E-state index is 11.0. The van der Waals surface area contributed by atoms with Crippen molar-refractivity contribution in [2.24, 2.45) is 0 Å². The molecule has 1 atom stereocenters. The highest BCUT2D eigenvalue weighted by molar-refractivity contribution is 7.10. The average molecular weight is 285 g/mol. The summed E-state index contributed by atoms with van der Waals surface area (Å²) in [7, 11) is 0. The zero-order chi connectivity index (χ0) is 13.9. The zero-order valence-corrected chi connectivity index (χ0v) is 11.9. The number of hydrogen-bond acceptors (Lipinski definition) is 5.